The lowest BCUT2D eigenvalue weighted by Crippen LogP contribution is -2.57. The molecule has 2 heterocycles. The maximum Gasteiger partial charge on any atom is 0.238 e. The third kappa shape index (κ3) is 5.22. The number of rotatable bonds is 6. The summed E-state index contributed by atoms with van der Waals surface area (Å²) >= 11 is 16.3. The van der Waals surface area contributed by atoms with Gasteiger partial charge in [0.1, 0.15) is 17.8 Å². The summed E-state index contributed by atoms with van der Waals surface area (Å²) in [6.45, 7) is 3.72. The maximum atomic E-state index is 14.3. The Labute approximate surface area is 257 Å². The SMILES string of the molecule is CN(C)C(=O)C(C)(C)COc1ccc(Br)cc1C1NC(=O)CC(c2cccc(Cl)c2)[C@]12C(=O)Nc1cc(Cl)ccc12. The van der Waals surface area contributed by atoms with Crippen LogP contribution in [0.3, 0.4) is 0 Å². The summed E-state index contributed by atoms with van der Waals surface area (Å²) in [5.41, 5.74) is 0.600. The molecule has 3 atom stereocenters. The highest BCUT2D eigenvalue weighted by molar-refractivity contribution is 9.10. The van der Waals surface area contributed by atoms with E-state index in [9.17, 15) is 14.4 Å². The predicted molar refractivity (Wildman–Crippen MR) is 164 cm³/mol. The summed E-state index contributed by atoms with van der Waals surface area (Å²) in [4.78, 5) is 42.1. The lowest BCUT2D eigenvalue weighted by atomic mass is 9.59. The van der Waals surface area contributed by atoms with E-state index >= 15 is 0 Å². The number of halogens is 3. The van der Waals surface area contributed by atoms with Gasteiger partial charge in [-0.3, -0.25) is 14.4 Å². The van der Waals surface area contributed by atoms with Crippen molar-refractivity contribution in [3.05, 3.63) is 91.9 Å². The molecule has 0 aliphatic carbocycles. The van der Waals surface area contributed by atoms with Crippen LogP contribution in [0.1, 0.15) is 48.9 Å². The van der Waals surface area contributed by atoms with Crippen LogP contribution in [-0.4, -0.2) is 43.3 Å². The van der Waals surface area contributed by atoms with E-state index in [2.05, 4.69) is 26.6 Å². The lowest BCUT2D eigenvalue weighted by Gasteiger charge is -2.46. The van der Waals surface area contributed by atoms with Gasteiger partial charge in [-0.1, -0.05) is 57.3 Å². The van der Waals surface area contributed by atoms with Crippen molar-refractivity contribution in [1.29, 1.82) is 0 Å². The van der Waals surface area contributed by atoms with E-state index < -0.39 is 22.8 Å². The highest BCUT2D eigenvalue weighted by Gasteiger charge is 2.61. The molecular formula is C31H30BrCl2N3O4. The van der Waals surface area contributed by atoms with E-state index in [0.29, 0.717) is 27.0 Å². The Kier molecular flexibility index (Phi) is 7.87. The minimum absolute atomic E-state index is 0.0703. The second-order valence-electron chi connectivity index (χ2n) is 11.4. The Morgan fingerprint density at radius 3 is 2.51 bits per heavy atom. The van der Waals surface area contributed by atoms with E-state index in [1.54, 1.807) is 44.4 Å². The van der Waals surface area contributed by atoms with E-state index in [0.717, 1.165) is 15.6 Å². The molecule has 7 nitrogen and oxygen atoms in total. The number of benzene rings is 3. The van der Waals surface area contributed by atoms with Gasteiger partial charge in [0, 0.05) is 52.2 Å². The van der Waals surface area contributed by atoms with Crippen LogP contribution >= 0.6 is 39.1 Å². The smallest absolute Gasteiger partial charge is 0.238 e. The zero-order valence-corrected chi connectivity index (χ0v) is 26.2. The number of fused-ring (bicyclic) bond motifs is 2. The standard InChI is InChI=1S/C31H30BrCl2N3O4/c1-30(2,29(40)37(3)4)16-41-25-11-8-18(32)13-21(25)27-31(22-10-9-20(34)14-24(22)35-28(31)39)23(15-26(38)36-27)17-6-5-7-19(33)12-17/h5-14,23,27H,15-16H2,1-4H3,(H,35,39)(H,36,38)/t23?,27?,31-/m0/s1. The van der Waals surface area contributed by atoms with Gasteiger partial charge in [0.05, 0.1) is 11.5 Å². The quantitative estimate of drug-likeness (QED) is 0.317. The number of hydrogen-bond acceptors (Lipinski definition) is 4. The number of amides is 3. The summed E-state index contributed by atoms with van der Waals surface area (Å²) in [6.07, 6.45) is 0.0703. The van der Waals surface area contributed by atoms with Gasteiger partial charge in [-0.2, -0.15) is 0 Å². The Hall–Kier alpha value is -3.07. The van der Waals surface area contributed by atoms with Crippen molar-refractivity contribution in [1.82, 2.24) is 10.2 Å². The number of carbonyl (C=O) groups excluding carboxylic acids is 3. The van der Waals surface area contributed by atoms with Crippen molar-refractivity contribution in [3.63, 3.8) is 0 Å². The van der Waals surface area contributed by atoms with E-state index in [4.69, 9.17) is 27.9 Å². The molecule has 2 aliphatic rings. The Morgan fingerprint density at radius 2 is 1.80 bits per heavy atom. The molecule has 3 aromatic carbocycles. The Balaban J connectivity index is 1.71. The number of nitrogens with zero attached hydrogens (tertiary/aromatic N) is 1. The Morgan fingerprint density at radius 1 is 1.07 bits per heavy atom. The lowest BCUT2D eigenvalue weighted by molar-refractivity contribution is -0.139. The molecule has 214 valence electrons. The van der Waals surface area contributed by atoms with Crippen LogP contribution in [0.15, 0.2) is 65.1 Å². The van der Waals surface area contributed by atoms with E-state index in [1.165, 1.54) is 4.90 Å². The molecule has 5 rings (SSSR count). The molecule has 2 aliphatic heterocycles. The molecule has 2 N–H and O–H groups in total. The first kappa shape index (κ1) is 29.4. The Bertz CT molecular complexity index is 1560. The molecule has 0 aromatic heterocycles. The van der Waals surface area contributed by atoms with Gasteiger partial charge in [0.2, 0.25) is 17.7 Å². The summed E-state index contributed by atoms with van der Waals surface area (Å²) in [6, 6.07) is 17.2. The van der Waals surface area contributed by atoms with Crippen LogP contribution in [-0.2, 0) is 19.8 Å². The van der Waals surface area contributed by atoms with Gasteiger partial charge < -0.3 is 20.3 Å². The normalized spacial score (nSPS) is 21.7. The van der Waals surface area contributed by atoms with Gasteiger partial charge in [-0.05, 0) is 67.4 Å². The first-order valence-electron chi connectivity index (χ1n) is 13.1. The van der Waals surface area contributed by atoms with E-state index in [1.807, 2.05) is 44.2 Å². The molecule has 1 spiro atoms. The van der Waals surface area contributed by atoms with Gasteiger partial charge in [0.15, 0.2) is 0 Å². The number of carbonyl (C=O) groups is 3. The fourth-order valence-corrected chi connectivity index (χ4v) is 6.82. The van der Waals surface area contributed by atoms with Crippen molar-refractivity contribution in [3.8, 4) is 5.75 Å². The molecule has 1 saturated heterocycles. The topological polar surface area (TPSA) is 87.7 Å². The number of nitrogens with one attached hydrogen (secondary N) is 2. The largest absolute Gasteiger partial charge is 0.492 e. The second kappa shape index (κ2) is 11.0. The molecule has 10 heteroatoms. The molecular weight excluding hydrogens is 629 g/mol. The summed E-state index contributed by atoms with van der Waals surface area (Å²) in [7, 11) is 3.41. The number of anilines is 1. The van der Waals surface area contributed by atoms with Gasteiger partial charge in [0.25, 0.3) is 0 Å². The van der Waals surface area contributed by atoms with Crippen LogP contribution < -0.4 is 15.4 Å². The monoisotopic (exact) mass is 657 g/mol. The van der Waals surface area contributed by atoms with Crippen molar-refractivity contribution in [2.75, 3.05) is 26.0 Å². The average molecular weight is 659 g/mol. The van der Waals surface area contributed by atoms with Crippen molar-refractivity contribution < 1.29 is 19.1 Å². The third-order valence-electron chi connectivity index (χ3n) is 7.86. The first-order chi connectivity index (χ1) is 19.3. The van der Waals surface area contributed by atoms with Crippen LogP contribution in [0.5, 0.6) is 5.75 Å². The van der Waals surface area contributed by atoms with Gasteiger partial charge in [-0.25, -0.2) is 0 Å². The summed E-state index contributed by atoms with van der Waals surface area (Å²) in [5.74, 6) is -0.658. The molecule has 41 heavy (non-hydrogen) atoms. The zero-order chi connectivity index (χ0) is 29.7. The number of hydrogen-bond donors (Lipinski definition) is 2. The predicted octanol–water partition coefficient (Wildman–Crippen LogP) is 6.48. The van der Waals surface area contributed by atoms with Crippen LogP contribution in [0.25, 0.3) is 0 Å². The number of piperidine rings is 1. The van der Waals surface area contributed by atoms with Gasteiger partial charge >= 0.3 is 0 Å². The highest BCUT2D eigenvalue weighted by atomic mass is 79.9. The minimum atomic E-state index is -1.26. The average Bonchev–Trinajstić information content (AvgIpc) is 3.19. The van der Waals surface area contributed by atoms with Crippen LogP contribution in [0, 0.1) is 5.41 Å². The third-order valence-corrected chi connectivity index (χ3v) is 8.82. The zero-order valence-electron chi connectivity index (χ0n) is 23.1. The van der Waals surface area contributed by atoms with Crippen molar-refractivity contribution >= 4 is 62.5 Å². The molecule has 0 saturated carbocycles. The maximum absolute atomic E-state index is 14.3. The molecule has 1 fully saturated rings. The van der Waals surface area contributed by atoms with Gasteiger partial charge in [-0.15, -0.1) is 0 Å². The minimum Gasteiger partial charge on any atom is -0.492 e. The second-order valence-corrected chi connectivity index (χ2v) is 13.2. The summed E-state index contributed by atoms with van der Waals surface area (Å²) in [5, 5.41) is 7.16. The molecule has 0 bridgehead atoms. The number of ether oxygens (including phenoxy) is 1. The first-order valence-corrected chi connectivity index (χ1v) is 14.7. The molecule has 3 aromatic rings. The van der Waals surface area contributed by atoms with Crippen LogP contribution in [0.4, 0.5) is 5.69 Å². The van der Waals surface area contributed by atoms with Crippen LogP contribution in [0.2, 0.25) is 10.0 Å². The molecule has 2 unspecified atom stereocenters. The molecule has 3 amide bonds. The molecule has 0 radical (unpaired) electrons. The van der Waals surface area contributed by atoms with Crippen molar-refractivity contribution in [2.45, 2.75) is 37.6 Å². The van der Waals surface area contributed by atoms with E-state index in [-0.39, 0.29) is 30.7 Å². The fourth-order valence-electron chi connectivity index (χ4n) is 6.07. The highest BCUT2D eigenvalue weighted by Crippen LogP contribution is 2.58. The van der Waals surface area contributed by atoms with Crippen molar-refractivity contribution in [2.24, 2.45) is 5.41 Å². The fraction of sp³-hybridized carbons (Fsp3) is 0.323. The summed E-state index contributed by atoms with van der Waals surface area (Å²) < 4.78 is 7.07.